The maximum absolute atomic E-state index is 12.2. The fourth-order valence-electron chi connectivity index (χ4n) is 1.99. The molecule has 1 aromatic heterocycles. The van der Waals surface area contributed by atoms with Gasteiger partial charge in [0.2, 0.25) is 0 Å². The summed E-state index contributed by atoms with van der Waals surface area (Å²) in [6.45, 7) is 2.72. The molecule has 19 heavy (non-hydrogen) atoms. The molecule has 0 unspecified atom stereocenters. The van der Waals surface area contributed by atoms with Crippen LogP contribution in [0.4, 0.5) is 0 Å². The lowest BCUT2D eigenvalue weighted by atomic mass is 9.99. The number of hydrogen-bond acceptors (Lipinski definition) is 3. The molecule has 1 aromatic carbocycles. The van der Waals surface area contributed by atoms with Crippen LogP contribution in [0.1, 0.15) is 16.1 Å². The van der Waals surface area contributed by atoms with Crippen molar-refractivity contribution in [3.63, 3.8) is 0 Å². The van der Waals surface area contributed by atoms with Gasteiger partial charge in [0.15, 0.2) is 0 Å². The minimum absolute atomic E-state index is 0.130. The molecule has 98 valence electrons. The zero-order valence-electron chi connectivity index (χ0n) is 10.9. The highest BCUT2D eigenvalue weighted by Crippen LogP contribution is 2.24. The van der Waals surface area contributed by atoms with Gasteiger partial charge in [-0.05, 0) is 24.1 Å². The summed E-state index contributed by atoms with van der Waals surface area (Å²) in [5.74, 6) is -0.130. The monoisotopic (exact) mass is 255 g/mol. The van der Waals surface area contributed by atoms with Crippen LogP contribution >= 0.6 is 0 Å². The van der Waals surface area contributed by atoms with Gasteiger partial charge >= 0.3 is 0 Å². The maximum Gasteiger partial charge on any atom is 0.253 e. The number of nitrogens with two attached hydrogens (primary N) is 1. The van der Waals surface area contributed by atoms with E-state index in [-0.39, 0.29) is 5.91 Å². The third-order valence-corrected chi connectivity index (χ3v) is 2.88. The number of carbonyl (C=O) groups excluding carboxylic acids is 1. The summed E-state index contributed by atoms with van der Waals surface area (Å²) in [7, 11) is 0. The number of benzene rings is 1. The molecule has 0 fully saturated rings. The van der Waals surface area contributed by atoms with E-state index in [1.807, 2.05) is 43.3 Å². The van der Waals surface area contributed by atoms with Crippen LogP contribution in [-0.2, 0) is 0 Å². The van der Waals surface area contributed by atoms with Crippen molar-refractivity contribution in [2.45, 2.75) is 6.92 Å². The van der Waals surface area contributed by atoms with E-state index in [1.54, 1.807) is 6.20 Å². The Morgan fingerprint density at radius 3 is 2.68 bits per heavy atom. The van der Waals surface area contributed by atoms with Gasteiger partial charge in [0, 0.05) is 19.3 Å². The van der Waals surface area contributed by atoms with Gasteiger partial charge in [-0.3, -0.25) is 9.78 Å². The fraction of sp³-hybridized carbons (Fsp3) is 0.200. The second-order valence-corrected chi connectivity index (χ2v) is 4.23. The molecule has 0 saturated carbocycles. The average Bonchev–Trinajstić information content (AvgIpc) is 2.45. The Balaban J connectivity index is 2.45. The summed E-state index contributed by atoms with van der Waals surface area (Å²) in [4.78, 5) is 16.4. The Hall–Kier alpha value is -2.20. The largest absolute Gasteiger partial charge is 0.351 e. The molecule has 0 atom stereocenters. The molecular weight excluding hydrogens is 238 g/mol. The number of aryl methyl sites for hydroxylation is 1. The first-order chi connectivity index (χ1) is 9.24. The average molecular weight is 255 g/mol. The molecule has 4 heteroatoms. The molecule has 0 spiro atoms. The van der Waals surface area contributed by atoms with Crippen LogP contribution in [0.25, 0.3) is 11.1 Å². The molecule has 3 N–H and O–H groups in total. The predicted molar refractivity (Wildman–Crippen MR) is 75.8 cm³/mol. The second kappa shape index (κ2) is 6.11. The molecular formula is C15H17N3O. The number of rotatable bonds is 4. The smallest absolute Gasteiger partial charge is 0.253 e. The van der Waals surface area contributed by atoms with E-state index in [2.05, 4.69) is 10.3 Å². The van der Waals surface area contributed by atoms with Crippen LogP contribution in [-0.4, -0.2) is 24.0 Å². The summed E-state index contributed by atoms with van der Waals surface area (Å²) in [5.41, 5.74) is 8.64. The summed E-state index contributed by atoms with van der Waals surface area (Å²) < 4.78 is 0. The normalized spacial score (nSPS) is 10.2. The molecule has 1 heterocycles. The van der Waals surface area contributed by atoms with E-state index < -0.39 is 0 Å². The highest BCUT2D eigenvalue weighted by Gasteiger charge is 2.15. The summed E-state index contributed by atoms with van der Waals surface area (Å²) in [6.07, 6.45) is 1.72. The Morgan fingerprint density at radius 2 is 2.00 bits per heavy atom. The van der Waals surface area contributed by atoms with Crippen LogP contribution in [0.3, 0.4) is 0 Å². The van der Waals surface area contributed by atoms with Crippen LogP contribution in [0, 0.1) is 6.92 Å². The van der Waals surface area contributed by atoms with Gasteiger partial charge in [-0.2, -0.15) is 0 Å². The van der Waals surface area contributed by atoms with Gasteiger partial charge in [0.25, 0.3) is 5.91 Å². The number of carbonyl (C=O) groups is 1. The molecule has 1 amide bonds. The Bertz CT molecular complexity index is 567. The van der Waals surface area contributed by atoms with Gasteiger partial charge in [-0.15, -0.1) is 0 Å². The minimum Gasteiger partial charge on any atom is -0.351 e. The van der Waals surface area contributed by atoms with Crippen molar-refractivity contribution < 1.29 is 4.79 Å². The Labute approximate surface area is 112 Å². The number of pyridine rings is 1. The first-order valence-electron chi connectivity index (χ1n) is 6.23. The van der Waals surface area contributed by atoms with Gasteiger partial charge in [-0.1, -0.05) is 30.3 Å². The van der Waals surface area contributed by atoms with Crippen LogP contribution < -0.4 is 11.1 Å². The van der Waals surface area contributed by atoms with Crippen LogP contribution in [0.2, 0.25) is 0 Å². The summed E-state index contributed by atoms with van der Waals surface area (Å²) in [6, 6.07) is 11.7. The zero-order chi connectivity index (χ0) is 13.7. The van der Waals surface area contributed by atoms with Gasteiger partial charge in [-0.25, -0.2) is 0 Å². The lowest BCUT2D eigenvalue weighted by molar-refractivity contribution is 0.0954. The Kier molecular flexibility index (Phi) is 4.26. The molecule has 0 radical (unpaired) electrons. The quantitative estimate of drug-likeness (QED) is 0.874. The van der Waals surface area contributed by atoms with Crippen molar-refractivity contribution >= 4 is 5.91 Å². The van der Waals surface area contributed by atoms with Crippen molar-refractivity contribution in [1.82, 2.24) is 10.3 Å². The third-order valence-electron chi connectivity index (χ3n) is 2.88. The van der Waals surface area contributed by atoms with Crippen molar-refractivity contribution in [2.75, 3.05) is 13.1 Å². The molecule has 2 rings (SSSR count). The van der Waals surface area contributed by atoms with E-state index in [4.69, 9.17) is 5.73 Å². The van der Waals surface area contributed by atoms with Crippen molar-refractivity contribution in [3.8, 4) is 11.1 Å². The highest BCUT2D eigenvalue weighted by molar-refractivity contribution is 6.01. The molecule has 0 bridgehead atoms. The van der Waals surface area contributed by atoms with Crippen LogP contribution in [0.15, 0.2) is 42.6 Å². The number of nitrogens with zero attached hydrogens (tertiary/aromatic N) is 1. The molecule has 0 saturated heterocycles. The SMILES string of the molecule is Cc1nccc(-c2ccccc2)c1C(=O)NCCN. The molecule has 4 nitrogen and oxygen atoms in total. The van der Waals surface area contributed by atoms with E-state index in [0.29, 0.717) is 18.7 Å². The van der Waals surface area contributed by atoms with Crippen molar-refractivity contribution in [2.24, 2.45) is 5.73 Å². The second-order valence-electron chi connectivity index (χ2n) is 4.23. The van der Waals surface area contributed by atoms with Crippen LogP contribution in [0.5, 0.6) is 0 Å². The van der Waals surface area contributed by atoms with E-state index >= 15 is 0 Å². The zero-order valence-corrected chi connectivity index (χ0v) is 10.9. The number of hydrogen-bond donors (Lipinski definition) is 2. The Morgan fingerprint density at radius 1 is 1.26 bits per heavy atom. The predicted octanol–water partition coefficient (Wildman–Crippen LogP) is 1.75. The number of aromatic nitrogens is 1. The van der Waals surface area contributed by atoms with E-state index in [1.165, 1.54) is 0 Å². The lowest BCUT2D eigenvalue weighted by Crippen LogP contribution is -2.30. The lowest BCUT2D eigenvalue weighted by Gasteiger charge is -2.12. The van der Waals surface area contributed by atoms with Gasteiger partial charge in [0.05, 0.1) is 11.3 Å². The number of nitrogens with one attached hydrogen (secondary N) is 1. The first-order valence-corrected chi connectivity index (χ1v) is 6.23. The maximum atomic E-state index is 12.2. The molecule has 0 aliphatic carbocycles. The first kappa shape index (κ1) is 13.2. The molecule has 0 aliphatic heterocycles. The van der Waals surface area contributed by atoms with E-state index in [0.717, 1.165) is 16.8 Å². The third kappa shape index (κ3) is 2.98. The topological polar surface area (TPSA) is 68.0 Å². The van der Waals surface area contributed by atoms with Gasteiger partial charge in [0.1, 0.15) is 0 Å². The van der Waals surface area contributed by atoms with Gasteiger partial charge < -0.3 is 11.1 Å². The summed E-state index contributed by atoms with van der Waals surface area (Å²) in [5, 5.41) is 2.80. The fourth-order valence-corrected chi connectivity index (χ4v) is 1.99. The minimum atomic E-state index is -0.130. The van der Waals surface area contributed by atoms with Crippen molar-refractivity contribution in [1.29, 1.82) is 0 Å². The molecule has 2 aromatic rings. The number of amides is 1. The molecule has 0 aliphatic rings. The standard InChI is InChI=1S/C15H17N3O/c1-11-14(15(19)18-10-8-16)13(7-9-17-11)12-5-3-2-4-6-12/h2-7,9H,8,10,16H2,1H3,(H,18,19). The summed E-state index contributed by atoms with van der Waals surface area (Å²) >= 11 is 0. The highest BCUT2D eigenvalue weighted by atomic mass is 16.1. The van der Waals surface area contributed by atoms with Crippen molar-refractivity contribution in [3.05, 3.63) is 53.9 Å². The van der Waals surface area contributed by atoms with E-state index in [9.17, 15) is 4.79 Å².